The number of carbonyl (C=O) groups excluding carboxylic acids is 2. The van der Waals surface area contributed by atoms with Gasteiger partial charge in [0.25, 0.3) is 5.69 Å². The fraction of sp³-hybridized carbons (Fsp3) is 0.440. The van der Waals surface area contributed by atoms with E-state index in [0.29, 0.717) is 25.3 Å². The van der Waals surface area contributed by atoms with E-state index in [9.17, 15) is 19.7 Å². The minimum Gasteiger partial charge on any atom is -0.497 e. The number of nitrogens with one attached hydrogen (secondary N) is 1. The molecule has 2 rings (SSSR count). The first-order valence-electron chi connectivity index (χ1n) is 11.4. The van der Waals surface area contributed by atoms with Gasteiger partial charge in [0.1, 0.15) is 11.8 Å². The van der Waals surface area contributed by atoms with Crippen molar-refractivity contribution < 1.29 is 19.2 Å². The summed E-state index contributed by atoms with van der Waals surface area (Å²) in [6.07, 6.45) is 2.37. The van der Waals surface area contributed by atoms with Gasteiger partial charge in [-0.2, -0.15) is 0 Å². The standard InChI is InChI=1S/C25H33N3O5S/c1-4-6-15-26-25(30)23(5-2)27(16-19-9-13-22(33-3)14-10-19)24(29)18-34-17-20-7-11-21(12-8-20)28(31)32/h7-14,23H,4-6,15-18H2,1-3H3,(H,26,30). The van der Waals surface area contributed by atoms with E-state index in [0.717, 1.165) is 29.7 Å². The fourth-order valence-corrected chi connectivity index (χ4v) is 4.28. The first-order valence-corrected chi connectivity index (χ1v) is 12.6. The monoisotopic (exact) mass is 487 g/mol. The SMILES string of the molecule is CCCCNC(=O)C(CC)N(Cc1ccc(OC)cc1)C(=O)CSCc1ccc([N+](=O)[O-])cc1. The molecule has 1 unspecified atom stereocenters. The van der Waals surface area contributed by atoms with Crippen LogP contribution in [0.5, 0.6) is 5.75 Å². The highest BCUT2D eigenvalue weighted by Crippen LogP contribution is 2.20. The van der Waals surface area contributed by atoms with E-state index >= 15 is 0 Å². The predicted molar refractivity (Wildman–Crippen MR) is 135 cm³/mol. The van der Waals surface area contributed by atoms with Crippen LogP contribution < -0.4 is 10.1 Å². The van der Waals surface area contributed by atoms with Crippen LogP contribution in [0.3, 0.4) is 0 Å². The molecule has 184 valence electrons. The van der Waals surface area contributed by atoms with Gasteiger partial charge < -0.3 is 15.0 Å². The Bertz CT molecular complexity index is 935. The molecular weight excluding hydrogens is 454 g/mol. The summed E-state index contributed by atoms with van der Waals surface area (Å²) in [5.74, 6) is 1.20. The highest BCUT2D eigenvalue weighted by molar-refractivity contribution is 7.99. The minimum absolute atomic E-state index is 0.0374. The molecule has 34 heavy (non-hydrogen) atoms. The van der Waals surface area contributed by atoms with Gasteiger partial charge >= 0.3 is 0 Å². The van der Waals surface area contributed by atoms with Gasteiger partial charge in [0.15, 0.2) is 0 Å². The van der Waals surface area contributed by atoms with Gasteiger partial charge in [0, 0.05) is 31.0 Å². The van der Waals surface area contributed by atoms with Gasteiger partial charge in [-0.1, -0.05) is 44.5 Å². The zero-order valence-corrected chi connectivity index (χ0v) is 20.8. The van der Waals surface area contributed by atoms with E-state index in [-0.39, 0.29) is 23.3 Å². The molecule has 0 aliphatic rings. The summed E-state index contributed by atoms with van der Waals surface area (Å²) in [4.78, 5) is 38.2. The molecule has 9 heteroatoms. The van der Waals surface area contributed by atoms with Gasteiger partial charge in [-0.15, -0.1) is 11.8 Å². The molecule has 0 spiro atoms. The lowest BCUT2D eigenvalue weighted by atomic mass is 10.1. The second-order valence-electron chi connectivity index (χ2n) is 7.85. The smallest absolute Gasteiger partial charge is 0.269 e. The van der Waals surface area contributed by atoms with Gasteiger partial charge in [0.2, 0.25) is 11.8 Å². The molecule has 8 nitrogen and oxygen atoms in total. The highest BCUT2D eigenvalue weighted by Gasteiger charge is 2.28. The van der Waals surface area contributed by atoms with E-state index in [1.54, 1.807) is 24.1 Å². The maximum absolute atomic E-state index is 13.3. The third-order valence-corrected chi connectivity index (χ3v) is 6.36. The molecule has 0 radical (unpaired) electrons. The number of nitrogens with zero attached hydrogens (tertiary/aromatic N) is 2. The lowest BCUT2D eigenvalue weighted by Gasteiger charge is -2.30. The van der Waals surface area contributed by atoms with Crippen LogP contribution in [-0.4, -0.2) is 47.1 Å². The Labute approximate surface area is 205 Å². The van der Waals surface area contributed by atoms with Crippen LogP contribution in [-0.2, 0) is 21.9 Å². The summed E-state index contributed by atoms with van der Waals surface area (Å²) in [6.45, 7) is 4.87. The number of thioether (sulfide) groups is 1. The highest BCUT2D eigenvalue weighted by atomic mass is 32.2. The third kappa shape index (κ3) is 8.37. The van der Waals surface area contributed by atoms with E-state index < -0.39 is 11.0 Å². The molecule has 2 aromatic rings. The number of non-ortho nitro benzene ring substituents is 1. The average molecular weight is 488 g/mol. The molecule has 0 aromatic heterocycles. The third-order valence-electron chi connectivity index (χ3n) is 5.37. The van der Waals surface area contributed by atoms with Gasteiger partial charge in [-0.25, -0.2) is 0 Å². The quantitative estimate of drug-likeness (QED) is 0.238. The summed E-state index contributed by atoms with van der Waals surface area (Å²) in [5.41, 5.74) is 1.85. The Morgan fingerprint density at radius 3 is 2.29 bits per heavy atom. The molecule has 0 saturated heterocycles. The van der Waals surface area contributed by atoms with E-state index in [2.05, 4.69) is 12.2 Å². The largest absolute Gasteiger partial charge is 0.497 e. The molecule has 0 bridgehead atoms. The Kier molecular flexibility index (Phi) is 11.4. The normalized spacial score (nSPS) is 11.5. The number of nitro benzene ring substituents is 1. The fourth-order valence-electron chi connectivity index (χ4n) is 3.41. The predicted octanol–water partition coefficient (Wildman–Crippen LogP) is 4.56. The Morgan fingerprint density at radius 1 is 1.09 bits per heavy atom. The molecular formula is C25H33N3O5S. The number of benzene rings is 2. The summed E-state index contributed by atoms with van der Waals surface area (Å²) in [6, 6.07) is 13.2. The number of nitro groups is 1. The van der Waals surface area contributed by atoms with Crippen molar-refractivity contribution in [1.29, 1.82) is 0 Å². The van der Waals surface area contributed by atoms with Crippen LogP contribution in [0, 0.1) is 10.1 Å². The van der Waals surface area contributed by atoms with Crippen LogP contribution in [0.4, 0.5) is 5.69 Å². The maximum atomic E-state index is 13.3. The van der Waals surface area contributed by atoms with Gasteiger partial charge in [0.05, 0.1) is 17.8 Å². The molecule has 0 heterocycles. The van der Waals surface area contributed by atoms with Crippen molar-refractivity contribution in [1.82, 2.24) is 10.2 Å². The number of hydrogen-bond donors (Lipinski definition) is 1. The summed E-state index contributed by atoms with van der Waals surface area (Å²) < 4.78 is 5.21. The van der Waals surface area contributed by atoms with Crippen LogP contribution in [0.2, 0.25) is 0 Å². The number of unbranched alkanes of at least 4 members (excludes halogenated alkanes) is 1. The minimum atomic E-state index is -0.563. The average Bonchev–Trinajstić information content (AvgIpc) is 2.84. The molecule has 1 N–H and O–H groups in total. The summed E-state index contributed by atoms with van der Waals surface area (Å²) >= 11 is 1.42. The summed E-state index contributed by atoms with van der Waals surface area (Å²) in [7, 11) is 1.60. The van der Waals surface area contributed by atoms with Gasteiger partial charge in [-0.05, 0) is 36.1 Å². The maximum Gasteiger partial charge on any atom is 0.269 e. The topological polar surface area (TPSA) is 102 Å². The first kappa shape index (κ1) is 27.2. The van der Waals surface area contributed by atoms with Crippen LogP contribution in [0.15, 0.2) is 48.5 Å². The van der Waals surface area contributed by atoms with Crippen molar-refractivity contribution in [3.8, 4) is 5.75 Å². The molecule has 1 atom stereocenters. The van der Waals surface area contributed by atoms with Crippen molar-refractivity contribution in [2.45, 2.75) is 51.4 Å². The zero-order chi connectivity index (χ0) is 24.9. The Morgan fingerprint density at radius 2 is 1.74 bits per heavy atom. The van der Waals surface area contributed by atoms with Crippen LogP contribution in [0.1, 0.15) is 44.2 Å². The second kappa shape index (κ2) is 14.2. The molecule has 0 saturated carbocycles. The number of hydrogen-bond acceptors (Lipinski definition) is 6. The van der Waals surface area contributed by atoms with Crippen molar-refractivity contribution in [2.75, 3.05) is 19.4 Å². The lowest BCUT2D eigenvalue weighted by molar-refractivity contribution is -0.384. The molecule has 0 aliphatic carbocycles. The molecule has 0 fully saturated rings. The number of rotatable bonds is 14. The van der Waals surface area contributed by atoms with E-state index in [4.69, 9.17) is 4.74 Å². The number of amides is 2. The number of carbonyl (C=O) groups is 2. The lowest BCUT2D eigenvalue weighted by Crippen LogP contribution is -2.49. The molecule has 0 aliphatic heterocycles. The van der Waals surface area contributed by atoms with E-state index in [1.807, 2.05) is 31.2 Å². The Hall–Kier alpha value is -3.07. The van der Waals surface area contributed by atoms with Crippen molar-refractivity contribution >= 4 is 29.3 Å². The molecule has 2 amide bonds. The Balaban J connectivity index is 2.09. The summed E-state index contributed by atoms with van der Waals surface area (Å²) in [5, 5.41) is 13.8. The number of methoxy groups -OCH3 is 1. The van der Waals surface area contributed by atoms with Crippen LogP contribution in [0.25, 0.3) is 0 Å². The van der Waals surface area contributed by atoms with Crippen molar-refractivity contribution in [3.05, 3.63) is 69.8 Å². The van der Waals surface area contributed by atoms with Crippen molar-refractivity contribution in [2.24, 2.45) is 0 Å². The van der Waals surface area contributed by atoms with Gasteiger partial charge in [-0.3, -0.25) is 19.7 Å². The number of ether oxygens (including phenoxy) is 1. The van der Waals surface area contributed by atoms with E-state index in [1.165, 1.54) is 23.9 Å². The first-order chi connectivity index (χ1) is 16.4. The second-order valence-corrected chi connectivity index (χ2v) is 8.84. The van der Waals surface area contributed by atoms with Crippen LogP contribution >= 0.6 is 11.8 Å². The molecule has 2 aromatic carbocycles. The zero-order valence-electron chi connectivity index (χ0n) is 20.0. The van der Waals surface area contributed by atoms with Crippen molar-refractivity contribution in [3.63, 3.8) is 0 Å².